The predicted octanol–water partition coefficient (Wildman–Crippen LogP) is 4.74. The molecule has 0 aliphatic heterocycles. The van der Waals surface area contributed by atoms with Crippen LogP contribution in [-0.4, -0.2) is 7.11 Å². The van der Waals surface area contributed by atoms with Crippen LogP contribution in [0.3, 0.4) is 0 Å². The van der Waals surface area contributed by atoms with E-state index in [1.165, 1.54) is 16.7 Å². The van der Waals surface area contributed by atoms with Gasteiger partial charge in [0.15, 0.2) is 0 Å². The molecule has 1 nitrogen and oxygen atoms in total. The lowest BCUT2D eigenvalue weighted by Crippen LogP contribution is -1.91. The molecule has 17 heavy (non-hydrogen) atoms. The van der Waals surface area contributed by atoms with Crippen molar-refractivity contribution in [1.82, 2.24) is 0 Å². The van der Waals surface area contributed by atoms with E-state index < -0.39 is 0 Å². The van der Waals surface area contributed by atoms with E-state index in [2.05, 4.69) is 60.1 Å². The van der Waals surface area contributed by atoms with Crippen molar-refractivity contribution in [3.05, 3.63) is 52.0 Å². The van der Waals surface area contributed by atoms with E-state index in [4.69, 9.17) is 4.74 Å². The topological polar surface area (TPSA) is 9.23 Å². The van der Waals surface area contributed by atoms with Crippen molar-refractivity contribution in [2.75, 3.05) is 7.11 Å². The molecule has 0 saturated heterocycles. The summed E-state index contributed by atoms with van der Waals surface area (Å²) in [5, 5.41) is 0. The fraction of sp³-hybridized carbons (Fsp3) is 0.200. The molecule has 0 heterocycles. The van der Waals surface area contributed by atoms with Gasteiger partial charge in [-0.2, -0.15) is 0 Å². The van der Waals surface area contributed by atoms with Crippen molar-refractivity contribution in [2.45, 2.75) is 13.8 Å². The van der Waals surface area contributed by atoms with Gasteiger partial charge >= 0.3 is 0 Å². The van der Waals surface area contributed by atoms with Gasteiger partial charge in [0.05, 0.1) is 7.11 Å². The maximum atomic E-state index is 5.43. The Morgan fingerprint density at radius 2 is 1.71 bits per heavy atom. The number of methoxy groups -OCH3 is 1. The number of ether oxygens (including phenoxy) is 1. The quantitative estimate of drug-likeness (QED) is 0.776. The van der Waals surface area contributed by atoms with Crippen LogP contribution in [0.4, 0.5) is 0 Å². The van der Waals surface area contributed by atoms with E-state index in [0.29, 0.717) is 0 Å². The zero-order valence-electron chi connectivity index (χ0n) is 10.3. The Morgan fingerprint density at radius 1 is 0.941 bits per heavy atom. The van der Waals surface area contributed by atoms with Gasteiger partial charge in [-0.05, 0) is 49.2 Å². The first-order chi connectivity index (χ1) is 8.11. The molecule has 2 aromatic rings. The standard InChI is InChI=1S/C15H15BrO/c1-10-4-7-15(17-3)14(8-10)13-9-12(16)6-5-11(13)2/h4-9H,1-3H3. The first kappa shape index (κ1) is 12.2. The normalized spacial score (nSPS) is 10.4. The molecule has 0 atom stereocenters. The molecule has 0 N–H and O–H groups in total. The second-order valence-corrected chi connectivity index (χ2v) is 5.08. The molecule has 0 bridgehead atoms. The van der Waals surface area contributed by atoms with Gasteiger partial charge in [0.25, 0.3) is 0 Å². The van der Waals surface area contributed by atoms with Crippen LogP contribution in [0.5, 0.6) is 5.75 Å². The van der Waals surface area contributed by atoms with Gasteiger partial charge in [0.1, 0.15) is 5.75 Å². The van der Waals surface area contributed by atoms with Crippen molar-refractivity contribution < 1.29 is 4.74 Å². The first-order valence-electron chi connectivity index (χ1n) is 5.53. The Kier molecular flexibility index (Phi) is 3.53. The Balaban J connectivity index is 2.66. The van der Waals surface area contributed by atoms with E-state index in [0.717, 1.165) is 15.8 Å². The third-order valence-electron chi connectivity index (χ3n) is 2.84. The third-order valence-corrected chi connectivity index (χ3v) is 3.34. The highest BCUT2D eigenvalue weighted by Crippen LogP contribution is 2.34. The van der Waals surface area contributed by atoms with Crippen molar-refractivity contribution in [3.63, 3.8) is 0 Å². The molecular weight excluding hydrogens is 276 g/mol. The number of hydrogen-bond acceptors (Lipinski definition) is 1. The lowest BCUT2D eigenvalue weighted by atomic mass is 9.98. The second kappa shape index (κ2) is 4.92. The van der Waals surface area contributed by atoms with Crippen LogP contribution in [-0.2, 0) is 0 Å². The predicted molar refractivity (Wildman–Crippen MR) is 75.6 cm³/mol. The number of benzene rings is 2. The van der Waals surface area contributed by atoms with Crippen LogP contribution in [0, 0.1) is 13.8 Å². The molecule has 0 fully saturated rings. The maximum Gasteiger partial charge on any atom is 0.126 e. The summed E-state index contributed by atoms with van der Waals surface area (Å²) in [6.07, 6.45) is 0. The lowest BCUT2D eigenvalue weighted by Gasteiger charge is -2.12. The van der Waals surface area contributed by atoms with E-state index in [-0.39, 0.29) is 0 Å². The molecule has 0 saturated carbocycles. The number of halogens is 1. The summed E-state index contributed by atoms with van der Waals surface area (Å²) in [5.41, 5.74) is 4.84. The smallest absolute Gasteiger partial charge is 0.126 e. The third kappa shape index (κ3) is 2.52. The Hall–Kier alpha value is -1.28. The molecule has 88 valence electrons. The van der Waals surface area contributed by atoms with E-state index in [1.54, 1.807) is 7.11 Å². The largest absolute Gasteiger partial charge is 0.496 e. The summed E-state index contributed by atoms with van der Waals surface area (Å²) in [6, 6.07) is 12.5. The molecule has 0 aromatic heterocycles. The summed E-state index contributed by atoms with van der Waals surface area (Å²) < 4.78 is 6.52. The zero-order valence-corrected chi connectivity index (χ0v) is 11.8. The monoisotopic (exact) mass is 290 g/mol. The van der Waals surface area contributed by atoms with Gasteiger partial charge in [-0.1, -0.05) is 33.6 Å². The minimum atomic E-state index is 0.914. The van der Waals surface area contributed by atoms with Crippen LogP contribution in [0.25, 0.3) is 11.1 Å². The molecular formula is C15H15BrO. The van der Waals surface area contributed by atoms with Gasteiger partial charge < -0.3 is 4.74 Å². The second-order valence-electron chi connectivity index (χ2n) is 4.16. The van der Waals surface area contributed by atoms with Crippen molar-refractivity contribution in [2.24, 2.45) is 0 Å². The van der Waals surface area contributed by atoms with E-state index in [1.807, 2.05) is 6.07 Å². The van der Waals surface area contributed by atoms with Gasteiger partial charge in [-0.25, -0.2) is 0 Å². The molecule has 0 spiro atoms. The fourth-order valence-corrected chi connectivity index (χ4v) is 2.28. The SMILES string of the molecule is COc1ccc(C)cc1-c1cc(Br)ccc1C. The molecule has 2 rings (SSSR count). The van der Waals surface area contributed by atoms with Crippen LogP contribution in [0.15, 0.2) is 40.9 Å². The Labute approximate surface area is 111 Å². The highest BCUT2D eigenvalue weighted by Gasteiger charge is 2.09. The summed E-state index contributed by atoms with van der Waals surface area (Å²) >= 11 is 3.52. The van der Waals surface area contributed by atoms with Gasteiger partial charge in [0.2, 0.25) is 0 Å². The average molecular weight is 291 g/mol. The van der Waals surface area contributed by atoms with E-state index >= 15 is 0 Å². The van der Waals surface area contributed by atoms with Crippen LogP contribution in [0.1, 0.15) is 11.1 Å². The summed E-state index contributed by atoms with van der Waals surface area (Å²) in [7, 11) is 1.71. The van der Waals surface area contributed by atoms with Gasteiger partial charge in [-0.15, -0.1) is 0 Å². The summed E-state index contributed by atoms with van der Waals surface area (Å²) in [5.74, 6) is 0.914. The number of hydrogen-bond donors (Lipinski definition) is 0. The highest BCUT2D eigenvalue weighted by atomic mass is 79.9. The van der Waals surface area contributed by atoms with Crippen LogP contribution >= 0.6 is 15.9 Å². The van der Waals surface area contributed by atoms with Crippen LogP contribution < -0.4 is 4.74 Å². The summed E-state index contributed by atoms with van der Waals surface area (Å²) in [6.45, 7) is 4.21. The molecule has 0 radical (unpaired) electrons. The van der Waals surface area contributed by atoms with Gasteiger partial charge in [0, 0.05) is 10.0 Å². The molecule has 2 aromatic carbocycles. The molecule has 0 unspecified atom stereocenters. The average Bonchev–Trinajstić information content (AvgIpc) is 2.32. The number of aryl methyl sites for hydroxylation is 2. The van der Waals surface area contributed by atoms with Gasteiger partial charge in [-0.3, -0.25) is 0 Å². The molecule has 2 heteroatoms. The number of rotatable bonds is 2. The highest BCUT2D eigenvalue weighted by molar-refractivity contribution is 9.10. The summed E-state index contributed by atoms with van der Waals surface area (Å²) in [4.78, 5) is 0. The maximum absolute atomic E-state index is 5.43. The zero-order chi connectivity index (χ0) is 12.4. The minimum absolute atomic E-state index is 0.914. The van der Waals surface area contributed by atoms with E-state index in [9.17, 15) is 0 Å². The van der Waals surface area contributed by atoms with Crippen molar-refractivity contribution in [1.29, 1.82) is 0 Å². The minimum Gasteiger partial charge on any atom is -0.496 e. The first-order valence-corrected chi connectivity index (χ1v) is 6.32. The Morgan fingerprint density at radius 3 is 2.41 bits per heavy atom. The van der Waals surface area contributed by atoms with Crippen molar-refractivity contribution in [3.8, 4) is 16.9 Å². The molecule has 0 amide bonds. The lowest BCUT2D eigenvalue weighted by molar-refractivity contribution is 0.416. The Bertz CT molecular complexity index is 547. The fourth-order valence-electron chi connectivity index (χ4n) is 1.92. The molecule has 0 aliphatic carbocycles. The van der Waals surface area contributed by atoms with Crippen molar-refractivity contribution >= 4 is 15.9 Å². The molecule has 0 aliphatic rings. The van der Waals surface area contributed by atoms with Crippen LogP contribution in [0.2, 0.25) is 0 Å².